The molecular weight excluding hydrogens is 426 g/mol. The Kier molecular flexibility index (Phi) is 5.52. The first-order valence-electron chi connectivity index (χ1n) is 9.84. The van der Waals surface area contributed by atoms with E-state index in [9.17, 15) is 4.79 Å². The van der Waals surface area contributed by atoms with Crippen molar-refractivity contribution in [2.75, 3.05) is 11.9 Å². The van der Waals surface area contributed by atoms with Gasteiger partial charge in [0.2, 0.25) is 0 Å². The lowest BCUT2D eigenvalue weighted by atomic mass is 10.2. The third-order valence-electron chi connectivity index (χ3n) is 4.90. The lowest BCUT2D eigenvalue weighted by Crippen LogP contribution is -2.12. The summed E-state index contributed by atoms with van der Waals surface area (Å²) in [5, 5.41) is 8.64. The molecule has 0 saturated heterocycles. The highest BCUT2D eigenvalue weighted by Crippen LogP contribution is 2.28. The Balaban J connectivity index is 1.16. The summed E-state index contributed by atoms with van der Waals surface area (Å²) in [4.78, 5) is 18.1. The number of carbonyl (C=O) groups is 1. The van der Waals surface area contributed by atoms with Crippen LogP contribution in [0.3, 0.4) is 0 Å². The third-order valence-corrected chi connectivity index (χ3v) is 6.55. The second kappa shape index (κ2) is 8.75. The molecule has 31 heavy (non-hydrogen) atoms. The van der Waals surface area contributed by atoms with Crippen LogP contribution in [0.2, 0.25) is 0 Å². The zero-order chi connectivity index (χ0) is 21.0. The van der Waals surface area contributed by atoms with Crippen molar-refractivity contribution in [3.05, 3.63) is 89.3 Å². The zero-order valence-corrected chi connectivity index (χ0v) is 18.2. The molecule has 0 saturated carbocycles. The van der Waals surface area contributed by atoms with Gasteiger partial charge in [0.1, 0.15) is 12.4 Å². The van der Waals surface area contributed by atoms with Crippen LogP contribution in [0.15, 0.2) is 83.7 Å². The van der Waals surface area contributed by atoms with Gasteiger partial charge in [-0.1, -0.05) is 24.3 Å². The Bertz CT molecular complexity index is 1300. The molecule has 5 rings (SSSR count). The molecule has 154 valence electrons. The van der Waals surface area contributed by atoms with Gasteiger partial charge in [0.25, 0.3) is 5.91 Å². The summed E-state index contributed by atoms with van der Waals surface area (Å²) in [6, 6.07) is 21.6. The van der Waals surface area contributed by atoms with Crippen molar-refractivity contribution in [3.8, 4) is 16.3 Å². The van der Waals surface area contributed by atoms with Gasteiger partial charge in [0.15, 0.2) is 5.13 Å². The normalized spacial score (nSPS) is 11.0. The zero-order valence-electron chi connectivity index (χ0n) is 16.5. The summed E-state index contributed by atoms with van der Waals surface area (Å²) in [6.45, 7) is 1.31. The van der Waals surface area contributed by atoms with Gasteiger partial charge in [-0.2, -0.15) is 0 Å². The number of nitrogens with zero attached hydrogens (tertiary/aromatic N) is 2. The monoisotopic (exact) mass is 445 g/mol. The Labute approximate surface area is 187 Å². The summed E-state index contributed by atoms with van der Waals surface area (Å²) in [5.74, 6) is 0.555. The molecule has 3 heterocycles. The predicted octanol–water partition coefficient (Wildman–Crippen LogP) is 6.16. The minimum atomic E-state index is -0.183. The van der Waals surface area contributed by atoms with E-state index in [4.69, 9.17) is 4.74 Å². The highest BCUT2D eigenvalue weighted by molar-refractivity contribution is 7.16. The number of hydrogen-bond donors (Lipinski definition) is 1. The number of anilines is 1. The molecule has 1 amide bonds. The van der Waals surface area contributed by atoms with E-state index in [1.807, 2.05) is 47.2 Å². The number of para-hydroxylation sites is 1. The van der Waals surface area contributed by atoms with Crippen LogP contribution < -0.4 is 10.1 Å². The van der Waals surface area contributed by atoms with Crippen LogP contribution in [0, 0.1) is 0 Å². The van der Waals surface area contributed by atoms with Gasteiger partial charge < -0.3 is 9.30 Å². The number of benzene rings is 2. The fourth-order valence-electron chi connectivity index (χ4n) is 3.34. The molecule has 0 aliphatic carbocycles. The molecule has 0 bridgehead atoms. The molecule has 5 aromatic rings. The van der Waals surface area contributed by atoms with Crippen molar-refractivity contribution in [1.82, 2.24) is 9.55 Å². The molecule has 0 spiro atoms. The Morgan fingerprint density at radius 1 is 1.00 bits per heavy atom. The third kappa shape index (κ3) is 4.38. The average molecular weight is 446 g/mol. The van der Waals surface area contributed by atoms with Crippen molar-refractivity contribution in [3.63, 3.8) is 0 Å². The van der Waals surface area contributed by atoms with Gasteiger partial charge in [-0.25, -0.2) is 4.98 Å². The number of ether oxygens (including phenoxy) is 1. The highest BCUT2D eigenvalue weighted by atomic mass is 32.1. The summed E-state index contributed by atoms with van der Waals surface area (Å²) < 4.78 is 8.04. The number of fused-ring (bicyclic) bond motifs is 1. The van der Waals surface area contributed by atoms with Crippen LogP contribution in [0.25, 0.3) is 21.5 Å². The van der Waals surface area contributed by atoms with Crippen LogP contribution in [-0.2, 0) is 6.54 Å². The van der Waals surface area contributed by atoms with Gasteiger partial charge in [0, 0.05) is 22.7 Å². The standard InChI is InChI=1S/C24H19N3O2S2/c28-23(26-24-25-20(16-31-24)22-6-3-15-30-22)18-7-9-19(10-8-18)29-14-13-27-12-11-17-4-1-2-5-21(17)27/h1-12,15-16H,13-14H2,(H,25,26,28). The number of hydrogen-bond acceptors (Lipinski definition) is 5. The summed E-state index contributed by atoms with van der Waals surface area (Å²) in [5.41, 5.74) is 2.65. The summed E-state index contributed by atoms with van der Waals surface area (Å²) in [7, 11) is 0. The molecule has 0 fully saturated rings. The van der Waals surface area contributed by atoms with Gasteiger partial charge in [-0.3, -0.25) is 10.1 Å². The van der Waals surface area contributed by atoms with E-state index in [0.717, 1.165) is 22.9 Å². The van der Waals surface area contributed by atoms with Gasteiger partial charge in [0.05, 0.1) is 17.1 Å². The van der Waals surface area contributed by atoms with Crippen LogP contribution in [-0.4, -0.2) is 22.1 Å². The Morgan fingerprint density at radius 2 is 1.87 bits per heavy atom. The van der Waals surface area contributed by atoms with Crippen molar-refractivity contribution in [2.24, 2.45) is 0 Å². The maximum absolute atomic E-state index is 12.5. The average Bonchev–Trinajstić information content (AvgIpc) is 3.55. The minimum Gasteiger partial charge on any atom is -0.492 e. The van der Waals surface area contributed by atoms with Gasteiger partial charge >= 0.3 is 0 Å². The molecule has 5 nitrogen and oxygen atoms in total. The molecule has 0 unspecified atom stereocenters. The predicted molar refractivity (Wildman–Crippen MR) is 127 cm³/mol. The number of amides is 1. The van der Waals surface area contributed by atoms with Crippen molar-refractivity contribution < 1.29 is 9.53 Å². The van der Waals surface area contributed by atoms with E-state index < -0.39 is 0 Å². The van der Waals surface area contributed by atoms with Crippen LogP contribution >= 0.6 is 22.7 Å². The van der Waals surface area contributed by atoms with E-state index in [1.165, 1.54) is 22.2 Å². The van der Waals surface area contributed by atoms with E-state index in [0.29, 0.717) is 17.3 Å². The highest BCUT2D eigenvalue weighted by Gasteiger charge is 2.11. The SMILES string of the molecule is O=C(Nc1nc(-c2cccs2)cs1)c1ccc(OCCn2ccc3ccccc32)cc1. The van der Waals surface area contributed by atoms with Crippen LogP contribution in [0.5, 0.6) is 5.75 Å². The Hall–Kier alpha value is -3.42. The molecular formula is C24H19N3O2S2. The lowest BCUT2D eigenvalue weighted by Gasteiger charge is -2.09. The fourth-order valence-corrected chi connectivity index (χ4v) is 4.80. The number of aromatic nitrogens is 2. The van der Waals surface area contributed by atoms with Crippen LogP contribution in [0.4, 0.5) is 5.13 Å². The lowest BCUT2D eigenvalue weighted by molar-refractivity contribution is 0.102. The minimum absolute atomic E-state index is 0.183. The first-order chi connectivity index (χ1) is 15.3. The van der Waals surface area contributed by atoms with Crippen molar-refractivity contribution in [2.45, 2.75) is 6.54 Å². The van der Waals surface area contributed by atoms with Crippen LogP contribution in [0.1, 0.15) is 10.4 Å². The number of nitrogens with one attached hydrogen (secondary N) is 1. The smallest absolute Gasteiger partial charge is 0.257 e. The van der Waals surface area contributed by atoms with Gasteiger partial charge in [-0.05, 0) is 53.2 Å². The fraction of sp³-hybridized carbons (Fsp3) is 0.0833. The van der Waals surface area contributed by atoms with E-state index >= 15 is 0 Å². The molecule has 0 aliphatic rings. The topological polar surface area (TPSA) is 56.1 Å². The molecule has 0 atom stereocenters. The first kappa shape index (κ1) is 19.5. The number of thiophene rings is 1. The molecule has 7 heteroatoms. The maximum Gasteiger partial charge on any atom is 0.257 e. The van der Waals surface area contributed by atoms with Crippen molar-refractivity contribution in [1.29, 1.82) is 0 Å². The number of carbonyl (C=O) groups excluding carboxylic acids is 1. The first-order valence-corrected chi connectivity index (χ1v) is 11.6. The number of rotatable bonds is 7. The largest absolute Gasteiger partial charge is 0.492 e. The van der Waals surface area contributed by atoms with Crippen molar-refractivity contribution >= 4 is 44.6 Å². The summed E-state index contributed by atoms with van der Waals surface area (Å²) >= 11 is 3.05. The molecule has 1 N–H and O–H groups in total. The quantitative estimate of drug-likeness (QED) is 0.326. The Morgan fingerprint density at radius 3 is 2.71 bits per heavy atom. The maximum atomic E-state index is 12.5. The molecule has 0 radical (unpaired) electrons. The van der Waals surface area contributed by atoms with Gasteiger partial charge in [-0.15, -0.1) is 22.7 Å². The molecule has 0 aliphatic heterocycles. The summed E-state index contributed by atoms with van der Waals surface area (Å²) in [6.07, 6.45) is 2.07. The molecule has 2 aromatic carbocycles. The number of thiazole rings is 1. The second-order valence-corrected chi connectivity index (χ2v) is 8.72. The van der Waals surface area contributed by atoms with E-state index in [1.54, 1.807) is 23.5 Å². The van der Waals surface area contributed by atoms with E-state index in [2.05, 4.69) is 39.3 Å². The van der Waals surface area contributed by atoms with E-state index in [-0.39, 0.29) is 5.91 Å². The second-order valence-electron chi connectivity index (χ2n) is 6.91. The molecule has 3 aromatic heterocycles.